The first-order chi connectivity index (χ1) is 13.5. The number of ether oxygens (including phenoxy) is 6. The van der Waals surface area contributed by atoms with Crippen molar-refractivity contribution in [2.24, 2.45) is 0 Å². The van der Waals surface area contributed by atoms with Crippen LogP contribution in [0.5, 0.6) is 0 Å². The minimum atomic E-state index is -1.31. The van der Waals surface area contributed by atoms with E-state index < -0.39 is 72.6 Å². The van der Waals surface area contributed by atoms with Crippen LogP contribution in [0.15, 0.2) is 0 Å². The molecule has 4 N–H and O–H groups in total. The maximum absolute atomic E-state index is 10.1. The van der Waals surface area contributed by atoms with E-state index in [4.69, 9.17) is 34.2 Å². The van der Waals surface area contributed by atoms with Crippen molar-refractivity contribution >= 4 is 11.8 Å². The summed E-state index contributed by atoms with van der Waals surface area (Å²) in [7, 11) is 0. The van der Waals surface area contributed by atoms with Crippen LogP contribution in [-0.4, -0.2) is 99.7 Å². The number of hydrogen-bond donors (Lipinski definition) is 3. The minimum absolute atomic E-state index is 0. The summed E-state index contributed by atoms with van der Waals surface area (Å²) in [6.45, 7) is 6.85. The minimum Gasteiger partial charge on any atom is -0.670 e. The molecule has 0 saturated carbocycles. The molecular weight excluding hydrogens is 633 g/mol. The fourth-order valence-corrected chi connectivity index (χ4v) is 5.48. The van der Waals surface area contributed by atoms with Gasteiger partial charge < -0.3 is 49.5 Å². The number of rotatable bonds is 4. The molecule has 12 heteroatoms. The fraction of sp³-hybridized carbons (Fsp3) is 1.00. The second-order valence-electron chi connectivity index (χ2n) is 8.77. The van der Waals surface area contributed by atoms with E-state index in [-0.39, 0.29) is 50.2 Å². The zero-order valence-electron chi connectivity index (χ0n) is 17.5. The summed E-state index contributed by atoms with van der Waals surface area (Å²) in [5, 5.41) is 29.4. The predicted octanol–water partition coefficient (Wildman–Crippen LogP) is -0.0241. The second-order valence-corrected chi connectivity index (χ2v) is 9.90. The number of fused-ring (bicyclic) bond motifs is 3. The molecule has 4 fully saturated rings. The zero-order valence-corrected chi connectivity index (χ0v) is 23.0. The third-order valence-corrected chi connectivity index (χ3v) is 6.81. The van der Waals surface area contributed by atoms with Gasteiger partial charge in [0.05, 0.1) is 24.3 Å². The van der Waals surface area contributed by atoms with Crippen LogP contribution in [0.2, 0.25) is 0 Å². The molecule has 10 nitrogen and oxygen atoms in total. The first-order valence-electron chi connectivity index (χ1n) is 9.83. The number of aliphatic hydroxyl groups is 3. The summed E-state index contributed by atoms with van der Waals surface area (Å²) in [5.41, 5.74) is 7.41. The van der Waals surface area contributed by atoms with Gasteiger partial charge in [0, 0.05) is 49.8 Å². The van der Waals surface area contributed by atoms with Crippen LogP contribution in [0, 0.1) is 44.1 Å². The van der Waals surface area contributed by atoms with Crippen LogP contribution in [-0.2, 0) is 28.4 Å². The third-order valence-electron chi connectivity index (χ3n) is 5.56. The van der Waals surface area contributed by atoms with Crippen LogP contribution in [0.25, 0.3) is 5.73 Å². The molecule has 0 bridgehead atoms. The summed E-state index contributed by atoms with van der Waals surface area (Å²) in [6.07, 6.45) is -5.74. The second kappa shape index (κ2) is 9.56. The summed E-state index contributed by atoms with van der Waals surface area (Å²) in [4.78, 5) is 0. The van der Waals surface area contributed by atoms with Crippen molar-refractivity contribution in [2.45, 2.75) is 99.8 Å². The molecule has 4 aliphatic heterocycles. The maximum Gasteiger partial charge on any atom is 0.190 e. The van der Waals surface area contributed by atoms with Gasteiger partial charge >= 0.3 is 0 Å². The van der Waals surface area contributed by atoms with E-state index in [0.717, 1.165) is 0 Å². The van der Waals surface area contributed by atoms with Crippen molar-refractivity contribution in [3.05, 3.63) is 5.73 Å². The molecule has 30 heavy (non-hydrogen) atoms. The molecule has 0 aromatic heterocycles. The van der Waals surface area contributed by atoms with E-state index >= 15 is 0 Å². The molecule has 0 spiro atoms. The van der Waals surface area contributed by atoms with Crippen LogP contribution in [0.1, 0.15) is 27.7 Å². The van der Waals surface area contributed by atoms with Crippen molar-refractivity contribution in [3.63, 3.8) is 0 Å². The molecule has 6 unspecified atom stereocenters. The van der Waals surface area contributed by atoms with Crippen LogP contribution in [0.4, 0.5) is 0 Å². The molecular formula is C18H30AcNO9S-. The SMILES string of the molecule is CC1(C)OC2C3OC(C)(C)O[C@H]3C(CS[C@@H]3OC(CO)[C@H](O)C(O)C3[NH-])O[C@H]2O1.[Ac]. The Bertz CT molecular complexity index is 612. The molecule has 0 aromatic rings. The molecule has 4 saturated heterocycles. The van der Waals surface area contributed by atoms with Crippen molar-refractivity contribution in [1.29, 1.82) is 0 Å². The fourth-order valence-electron chi connectivity index (χ4n) is 4.24. The zero-order chi connectivity index (χ0) is 21.1. The van der Waals surface area contributed by atoms with Gasteiger partial charge in [-0.05, 0) is 27.7 Å². The third kappa shape index (κ3) is 5.07. The molecule has 4 rings (SSSR count). The normalized spacial score (nSPS) is 49.2. The largest absolute Gasteiger partial charge is 0.670 e. The molecule has 1 radical (unpaired) electrons. The monoisotopic (exact) mass is 663 g/mol. The molecule has 0 aliphatic carbocycles. The Balaban J connectivity index is 0.00000256. The van der Waals surface area contributed by atoms with Gasteiger partial charge in [0.1, 0.15) is 30.5 Å². The van der Waals surface area contributed by atoms with Gasteiger partial charge in [-0.25, -0.2) is 0 Å². The number of aliphatic hydroxyl groups excluding tert-OH is 3. The smallest absolute Gasteiger partial charge is 0.190 e. The van der Waals surface area contributed by atoms with Gasteiger partial charge in [-0.2, -0.15) is 0 Å². The van der Waals surface area contributed by atoms with Gasteiger partial charge in [0.15, 0.2) is 17.9 Å². The van der Waals surface area contributed by atoms with Crippen molar-refractivity contribution < 1.29 is 87.8 Å². The van der Waals surface area contributed by atoms with Gasteiger partial charge in [-0.3, -0.25) is 0 Å². The van der Waals surface area contributed by atoms with Crippen molar-refractivity contribution in [2.75, 3.05) is 12.4 Å². The maximum atomic E-state index is 10.1. The summed E-state index contributed by atoms with van der Waals surface area (Å²) >= 11 is 1.27. The molecule has 0 aromatic carbocycles. The molecule has 10 atom stereocenters. The summed E-state index contributed by atoms with van der Waals surface area (Å²) in [5.74, 6) is -1.21. The summed E-state index contributed by atoms with van der Waals surface area (Å²) < 4.78 is 35.8. The molecule has 4 aliphatic rings. The number of nitrogens with one attached hydrogen (secondary N) is 1. The quantitative estimate of drug-likeness (QED) is 0.376. The van der Waals surface area contributed by atoms with E-state index in [0.29, 0.717) is 5.75 Å². The van der Waals surface area contributed by atoms with Crippen LogP contribution in [0.3, 0.4) is 0 Å². The first kappa shape index (κ1) is 26.0. The van der Waals surface area contributed by atoms with Gasteiger partial charge in [-0.15, -0.1) is 11.8 Å². The summed E-state index contributed by atoms with van der Waals surface area (Å²) in [6, 6.07) is -1.06. The van der Waals surface area contributed by atoms with Crippen molar-refractivity contribution in [3.8, 4) is 0 Å². The van der Waals surface area contributed by atoms with E-state index in [1.807, 2.05) is 27.7 Å². The Morgan fingerprint density at radius 1 is 0.833 bits per heavy atom. The Morgan fingerprint density at radius 3 is 2.10 bits per heavy atom. The van der Waals surface area contributed by atoms with Gasteiger partial charge in [0.2, 0.25) is 0 Å². The number of thioether (sulfide) groups is 1. The van der Waals surface area contributed by atoms with Gasteiger partial charge in [-0.1, -0.05) is 6.04 Å². The van der Waals surface area contributed by atoms with Crippen LogP contribution < -0.4 is 0 Å². The van der Waals surface area contributed by atoms with E-state index in [1.54, 1.807) is 0 Å². The average Bonchev–Trinajstić information content (AvgIpc) is 3.13. The number of hydrogen-bond acceptors (Lipinski definition) is 10. The molecule has 0 amide bonds. The van der Waals surface area contributed by atoms with Crippen molar-refractivity contribution in [1.82, 2.24) is 0 Å². The average molecular weight is 664 g/mol. The van der Waals surface area contributed by atoms with E-state index in [1.165, 1.54) is 11.8 Å². The van der Waals surface area contributed by atoms with E-state index in [9.17, 15) is 15.3 Å². The Kier molecular flexibility index (Phi) is 8.29. The molecule has 171 valence electrons. The van der Waals surface area contributed by atoms with Crippen LogP contribution >= 0.6 is 11.8 Å². The molecule has 4 heterocycles. The Labute approximate surface area is 216 Å². The standard InChI is InChI=1S/C18H30NO9S.Ac/c1-17(2)25-12-8(23-15-14(13(12)26-17)27-18(3,4)28-15)6-29-16-9(19)11(22)10(21)7(5-20)24-16;/h7-16,19-22H,5-6H2,1-4H3;/q-1;/t7?,8?,9?,10-,11?,12-,13?,14?,15-,16-;/m0./s1. The first-order valence-corrected chi connectivity index (χ1v) is 10.9. The topological polar surface area (TPSA) is 140 Å². The predicted molar refractivity (Wildman–Crippen MR) is 101 cm³/mol. The van der Waals surface area contributed by atoms with E-state index in [2.05, 4.69) is 0 Å². The Hall–Kier alpha value is 1.39. The Morgan fingerprint density at radius 2 is 1.43 bits per heavy atom. The van der Waals surface area contributed by atoms with Gasteiger partial charge in [0.25, 0.3) is 0 Å².